The molecule has 1 fully saturated rings. The molecule has 0 bridgehead atoms. The molecule has 1 rings (SSSR count). The third-order valence-electron chi connectivity index (χ3n) is 4.19. The lowest BCUT2D eigenvalue weighted by molar-refractivity contribution is 0.0874. The highest BCUT2D eigenvalue weighted by Crippen LogP contribution is 2.24. The lowest BCUT2D eigenvalue weighted by Crippen LogP contribution is -2.51. The molecule has 0 amide bonds. The molecule has 4 atom stereocenters. The molecule has 0 aromatic heterocycles. The molecule has 1 N–H and O–H groups in total. The average Bonchev–Trinajstić information content (AvgIpc) is 2.21. The molecule has 0 aliphatic carbocycles. The van der Waals surface area contributed by atoms with Gasteiger partial charge in [0.15, 0.2) is 0 Å². The largest absolute Gasteiger partial charge is 0.313 e. The zero-order chi connectivity index (χ0) is 11.4. The summed E-state index contributed by atoms with van der Waals surface area (Å²) in [7, 11) is 0. The van der Waals surface area contributed by atoms with Crippen molar-refractivity contribution in [3.63, 3.8) is 0 Å². The van der Waals surface area contributed by atoms with Crippen molar-refractivity contribution in [2.45, 2.75) is 53.1 Å². The third-order valence-corrected chi connectivity index (χ3v) is 4.19. The molecule has 90 valence electrons. The first-order valence-corrected chi connectivity index (χ1v) is 6.53. The first-order valence-electron chi connectivity index (χ1n) is 6.53. The number of piperidine rings is 1. The molecule has 1 saturated heterocycles. The minimum absolute atomic E-state index is 0.607. The Morgan fingerprint density at radius 2 is 1.93 bits per heavy atom. The number of nitrogens with one attached hydrogen (secondary N) is 1. The van der Waals surface area contributed by atoms with Gasteiger partial charge in [-0.25, -0.2) is 0 Å². The van der Waals surface area contributed by atoms with Crippen molar-refractivity contribution in [1.82, 2.24) is 10.2 Å². The summed E-state index contributed by atoms with van der Waals surface area (Å²) in [5.74, 6) is 1.76. The van der Waals surface area contributed by atoms with Gasteiger partial charge in [0.1, 0.15) is 0 Å². The smallest absolute Gasteiger partial charge is 0.0218 e. The Kier molecular flexibility index (Phi) is 5.07. The second-order valence-corrected chi connectivity index (χ2v) is 5.33. The van der Waals surface area contributed by atoms with Gasteiger partial charge in [-0.15, -0.1) is 0 Å². The molecular weight excluding hydrogens is 184 g/mol. The zero-order valence-corrected chi connectivity index (χ0v) is 11.1. The van der Waals surface area contributed by atoms with Crippen molar-refractivity contribution < 1.29 is 0 Å². The van der Waals surface area contributed by atoms with E-state index in [4.69, 9.17) is 0 Å². The molecule has 0 saturated carbocycles. The van der Waals surface area contributed by atoms with Gasteiger partial charge in [0, 0.05) is 18.6 Å². The fourth-order valence-corrected chi connectivity index (χ4v) is 2.47. The van der Waals surface area contributed by atoms with Crippen LogP contribution in [0.25, 0.3) is 0 Å². The summed E-state index contributed by atoms with van der Waals surface area (Å²) in [5, 5.41) is 3.53. The van der Waals surface area contributed by atoms with Crippen LogP contribution in [0.1, 0.15) is 41.0 Å². The summed E-state index contributed by atoms with van der Waals surface area (Å²) in [6, 6.07) is 1.27. The van der Waals surface area contributed by atoms with Gasteiger partial charge >= 0.3 is 0 Å². The Hall–Kier alpha value is -0.0800. The number of likely N-dealkylation sites (tertiary alicyclic amines) is 1. The van der Waals surface area contributed by atoms with Gasteiger partial charge in [-0.05, 0) is 45.2 Å². The van der Waals surface area contributed by atoms with Gasteiger partial charge in [-0.3, -0.25) is 4.90 Å². The number of likely N-dealkylation sites (N-methyl/N-ethyl adjacent to an activating group) is 1. The summed E-state index contributed by atoms with van der Waals surface area (Å²) in [4.78, 5) is 2.65. The van der Waals surface area contributed by atoms with Crippen molar-refractivity contribution in [3.8, 4) is 0 Å². The molecule has 1 aliphatic heterocycles. The quantitative estimate of drug-likeness (QED) is 0.769. The number of rotatable bonds is 4. The SMILES string of the molecule is CCNC(C)C(C)N1CCC(C)C(C)C1. The maximum absolute atomic E-state index is 3.53. The fraction of sp³-hybridized carbons (Fsp3) is 1.00. The molecule has 4 unspecified atom stereocenters. The minimum atomic E-state index is 0.607. The lowest BCUT2D eigenvalue weighted by atomic mass is 9.87. The number of hydrogen-bond acceptors (Lipinski definition) is 2. The predicted octanol–water partition coefficient (Wildman–Crippen LogP) is 2.35. The Bertz CT molecular complexity index is 181. The van der Waals surface area contributed by atoms with Gasteiger partial charge in [0.2, 0.25) is 0 Å². The van der Waals surface area contributed by atoms with Crippen molar-refractivity contribution in [1.29, 1.82) is 0 Å². The molecule has 1 aliphatic rings. The highest BCUT2D eigenvalue weighted by atomic mass is 15.2. The molecule has 2 nitrogen and oxygen atoms in total. The van der Waals surface area contributed by atoms with Crippen LogP contribution in [0.4, 0.5) is 0 Å². The lowest BCUT2D eigenvalue weighted by Gasteiger charge is -2.41. The first-order chi connectivity index (χ1) is 7.06. The second kappa shape index (κ2) is 5.86. The van der Waals surface area contributed by atoms with Crippen LogP contribution >= 0.6 is 0 Å². The van der Waals surface area contributed by atoms with Crippen LogP contribution in [0, 0.1) is 11.8 Å². The Morgan fingerprint density at radius 1 is 1.27 bits per heavy atom. The monoisotopic (exact) mass is 212 g/mol. The predicted molar refractivity (Wildman–Crippen MR) is 67.1 cm³/mol. The summed E-state index contributed by atoms with van der Waals surface area (Å²) >= 11 is 0. The van der Waals surface area contributed by atoms with Crippen LogP contribution in [0.5, 0.6) is 0 Å². The van der Waals surface area contributed by atoms with E-state index in [0.29, 0.717) is 12.1 Å². The van der Waals surface area contributed by atoms with Gasteiger partial charge in [0.05, 0.1) is 0 Å². The van der Waals surface area contributed by atoms with E-state index in [-0.39, 0.29) is 0 Å². The normalized spacial score (nSPS) is 32.6. The van der Waals surface area contributed by atoms with Gasteiger partial charge < -0.3 is 5.32 Å². The van der Waals surface area contributed by atoms with Crippen LogP contribution in [0.15, 0.2) is 0 Å². The molecule has 0 aromatic rings. The van der Waals surface area contributed by atoms with E-state index >= 15 is 0 Å². The van der Waals surface area contributed by atoms with E-state index in [0.717, 1.165) is 18.4 Å². The van der Waals surface area contributed by atoms with Gasteiger partial charge in [-0.2, -0.15) is 0 Å². The summed E-state index contributed by atoms with van der Waals surface area (Å²) in [6.45, 7) is 15.3. The minimum Gasteiger partial charge on any atom is -0.313 e. The molecule has 0 aromatic carbocycles. The van der Waals surface area contributed by atoms with Crippen LogP contribution in [-0.4, -0.2) is 36.6 Å². The van der Waals surface area contributed by atoms with E-state index in [1.54, 1.807) is 0 Å². The summed E-state index contributed by atoms with van der Waals surface area (Å²) in [5.41, 5.74) is 0. The second-order valence-electron chi connectivity index (χ2n) is 5.33. The molecule has 1 heterocycles. The van der Waals surface area contributed by atoms with Gasteiger partial charge in [0.25, 0.3) is 0 Å². The maximum Gasteiger partial charge on any atom is 0.0218 e. The summed E-state index contributed by atoms with van der Waals surface area (Å²) in [6.07, 6.45) is 1.37. The Balaban J connectivity index is 2.43. The van der Waals surface area contributed by atoms with Crippen LogP contribution < -0.4 is 5.32 Å². The topological polar surface area (TPSA) is 15.3 Å². The van der Waals surface area contributed by atoms with E-state index in [1.807, 2.05) is 0 Å². The van der Waals surface area contributed by atoms with Crippen LogP contribution in [0.2, 0.25) is 0 Å². The van der Waals surface area contributed by atoms with Crippen LogP contribution in [0.3, 0.4) is 0 Å². The fourth-order valence-electron chi connectivity index (χ4n) is 2.47. The maximum atomic E-state index is 3.53. The van der Waals surface area contributed by atoms with Crippen molar-refractivity contribution in [2.24, 2.45) is 11.8 Å². The van der Waals surface area contributed by atoms with Gasteiger partial charge in [-0.1, -0.05) is 20.8 Å². The zero-order valence-electron chi connectivity index (χ0n) is 11.1. The van der Waals surface area contributed by atoms with E-state index in [1.165, 1.54) is 19.5 Å². The molecule has 15 heavy (non-hydrogen) atoms. The standard InChI is InChI=1S/C13H28N2/c1-6-14-12(4)13(5)15-8-7-10(2)11(3)9-15/h10-14H,6-9H2,1-5H3. The van der Waals surface area contributed by atoms with Crippen LogP contribution in [-0.2, 0) is 0 Å². The number of nitrogens with zero attached hydrogens (tertiary/aromatic N) is 1. The van der Waals surface area contributed by atoms with Crippen molar-refractivity contribution in [2.75, 3.05) is 19.6 Å². The molecule has 2 heteroatoms. The highest BCUT2D eigenvalue weighted by Gasteiger charge is 2.27. The van der Waals surface area contributed by atoms with E-state index in [9.17, 15) is 0 Å². The first kappa shape index (κ1) is 13.0. The summed E-state index contributed by atoms with van der Waals surface area (Å²) < 4.78 is 0. The molecule has 0 spiro atoms. The average molecular weight is 212 g/mol. The van der Waals surface area contributed by atoms with E-state index in [2.05, 4.69) is 44.8 Å². The van der Waals surface area contributed by atoms with Crippen molar-refractivity contribution >= 4 is 0 Å². The highest BCUT2D eigenvalue weighted by molar-refractivity contribution is 4.83. The number of hydrogen-bond donors (Lipinski definition) is 1. The Labute approximate surface area is 95.4 Å². The third kappa shape index (κ3) is 3.46. The van der Waals surface area contributed by atoms with Crippen molar-refractivity contribution in [3.05, 3.63) is 0 Å². The molecular formula is C13H28N2. The van der Waals surface area contributed by atoms with E-state index < -0.39 is 0 Å². The Morgan fingerprint density at radius 3 is 2.47 bits per heavy atom. The molecule has 0 radical (unpaired) electrons.